The van der Waals surface area contributed by atoms with Crippen molar-refractivity contribution in [2.24, 2.45) is 0 Å². The molecule has 1 aliphatic heterocycles. The van der Waals surface area contributed by atoms with E-state index in [2.05, 4.69) is 36.7 Å². The number of hydrogen-bond donors (Lipinski definition) is 3. The molecule has 15 nitrogen and oxygen atoms in total. The zero-order chi connectivity index (χ0) is 64.9. The monoisotopic (exact) mass is 1290 g/mol. The third-order valence-electron chi connectivity index (χ3n) is 17.0. The second kappa shape index (κ2) is 52.9. The van der Waals surface area contributed by atoms with Gasteiger partial charge in [0.15, 0.2) is 6.29 Å². The zero-order valence-corrected chi connectivity index (χ0v) is 57.6. The van der Waals surface area contributed by atoms with Crippen molar-refractivity contribution in [3.63, 3.8) is 0 Å². The third kappa shape index (κ3) is 41.1. The van der Waals surface area contributed by atoms with Crippen LogP contribution in [-0.2, 0) is 76.1 Å². The summed E-state index contributed by atoms with van der Waals surface area (Å²) in [5, 5.41) is 9.25. The molecule has 3 amide bonds. The van der Waals surface area contributed by atoms with E-state index in [1.807, 2.05) is 91.0 Å². The first kappa shape index (κ1) is 79.0. The van der Waals surface area contributed by atoms with Gasteiger partial charge in [-0.2, -0.15) is 0 Å². The van der Waals surface area contributed by atoms with Crippen LogP contribution in [-0.4, -0.2) is 80.6 Å². The van der Waals surface area contributed by atoms with Crippen molar-refractivity contribution < 1.29 is 56.3 Å². The Labute approximate surface area is 550 Å². The molecule has 0 radical (unpaired) electrons. The number of carbonyl (C=O) groups is 4. The second-order valence-corrected chi connectivity index (χ2v) is 27.0. The molecule has 4 rings (SSSR count). The van der Waals surface area contributed by atoms with Crippen LogP contribution >= 0.6 is 7.82 Å². The van der Waals surface area contributed by atoms with Crippen molar-refractivity contribution in [3.8, 4) is 0 Å². The fourth-order valence-electron chi connectivity index (χ4n) is 11.4. The first-order valence-electron chi connectivity index (χ1n) is 36.1. The molecule has 1 saturated heterocycles. The van der Waals surface area contributed by atoms with Crippen LogP contribution in [0.25, 0.3) is 0 Å². The molecule has 0 aliphatic carbocycles. The van der Waals surface area contributed by atoms with Gasteiger partial charge < -0.3 is 34.9 Å². The van der Waals surface area contributed by atoms with Crippen LogP contribution in [0.3, 0.4) is 0 Å². The average molecular weight is 1290 g/mol. The van der Waals surface area contributed by atoms with Gasteiger partial charge in [0.25, 0.3) is 0 Å². The van der Waals surface area contributed by atoms with E-state index in [9.17, 15) is 23.7 Å². The molecule has 1 heterocycles. The number of esters is 1. The zero-order valence-electron chi connectivity index (χ0n) is 56.7. The van der Waals surface area contributed by atoms with Gasteiger partial charge in [-0.1, -0.05) is 272 Å². The Morgan fingerprint density at radius 1 is 0.505 bits per heavy atom. The normalized spacial score (nSPS) is 14.7. The number of amides is 3. The summed E-state index contributed by atoms with van der Waals surface area (Å²) in [6.45, 7) is 7.83. The molecule has 16 heteroatoms. The summed E-state index contributed by atoms with van der Waals surface area (Å²) in [5.41, 5.74) is 2.59. The summed E-state index contributed by atoms with van der Waals surface area (Å²) in [4.78, 5) is 56.2. The van der Waals surface area contributed by atoms with Crippen LogP contribution < -0.4 is 16.0 Å². The van der Waals surface area contributed by atoms with Crippen molar-refractivity contribution in [1.29, 1.82) is 0 Å². The van der Waals surface area contributed by atoms with Crippen LogP contribution in [0.4, 0.5) is 0 Å². The summed E-state index contributed by atoms with van der Waals surface area (Å²) < 4.78 is 56.9. The molecule has 0 bridgehead atoms. The van der Waals surface area contributed by atoms with Gasteiger partial charge in [0.2, 0.25) is 17.7 Å². The quantitative estimate of drug-likeness (QED) is 0.0276. The van der Waals surface area contributed by atoms with E-state index in [4.69, 9.17) is 32.5 Å². The molecule has 514 valence electrons. The van der Waals surface area contributed by atoms with Gasteiger partial charge >= 0.3 is 13.8 Å². The predicted octanol–water partition coefficient (Wildman–Crippen LogP) is 18.4. The molecule has 3 N–H and O–H groups in total. The number of phosphoric acid groups is 1. The molecule has 1 unspecified atom stereocenters. The minimum absolute atomic E-state index is 0.0477. The van der Waals surface area contributed by atoms with Crippen molar-refractivity contribution in [1.82, 2.24) is 16.0 Å². The summed E-state index contributed by atoms with van der Waals surface area (Å²) in [6.07, 6.45) is 35.3. The third-order valence-corrected chi connectivity index (χ3v) is 18.4. The van der Waals surface area contributed by atoms with E-state index in [0.717, 1.165) is 107 Å². The average Bonchev–Trinajstić information content (AvgIpc) is 3.65. The number of phosphoric ester groups is 1. The van der Waals surface area contributed by atoms with E-state index in [0.29, 0.717) is 38.9 Å². The number of rotatable bonds is 58. The summed E-state index contributed by atoms with van der Waals surface area (Å²) in [6, 6.07) is 27.1. The van der Waals surface area contributed by atoms with Crippen molar-refractivity contribution in [2.75, 3.05) is 26.4 Å². The highest BCUT2D eigenvalue weighted by atomic mass is 31.2. The number of hydrogen-bond acceptors (Lipinski definition) is 12. The van der Waals surface area contributed by atoms with Crippen LogP contribution in [0.15, 0.2) is 91.0 Å². The lowest BCUT2D eigenvalue weighted by molar-refractivity contribution is -0.167. The number of nitrogens with one attached hydrogen (secondary N) is 3. The minimum atomic E-state index is -4.23. The highest BCUT2D eigenvalue weighted by molar-refractivity contribution is 7.48. The van der Waals surface area contributed by atoms with Crippen LogP contribution in [0.1, 0.15) is 281 Å². The van der Waals surface area contributed by atoms with Gasteiger partial charge in [-0.3, -0.25) is 32.7 Å². The van der Waals surface area contributed by atoms with E-state index in [1.165, 1.54) is 109 Å². The molecule has 91 heavy (non-hydrogen) atoms. The molecule has 0 spiro atoms. The van der Waals surface area contributed by atoms with Gasteiger partial charge in [-0.05, 0) is 74.5 Å². The summed E-state index contributed by atoms with van der Waals surface area (Å²) in [7, 11) is -4.23. The van der Waals surface area contributed by atoms with Gasteiger partial charge in [0.05, 0.1) is 58.0 Å². The molecular weight excluding hydrogens is 1170 g/mol. The molecule has 0 aromatic heterocycles. The highest BCUT2D eigenvalue weighted by Crippen LogP contribution is 2.51. The van der Waals surface area contributed by atoms with Crippen LogP contribution in [0.2, 0.25) is 0 Å². The second-order valence-electron chi connectivity index (χ2n) is 25.3. The SMILES string of the molecule is CCCCCCCCCCCC(=O)O[C@H](CCCCCCCCCCC)CC(=O)N[C@@H](CCOP(=O)(OCc1ccccc1)OCc1ccccc1)C(=O)NCCC[C@H](COC1CCCCO1)NC(=O)C[C@@H](CCCCCCCCCCC)OCc1ccccc1. The van der Waals surface area contributed by atoms with Gasteiger partial charge in [0, 0.05) is 26.0 Å². The van der Waals surface area contributed by atoms with Crippen molar-refractivity contribution in [2.45, 2.75) is 315 Å². The Bertz CT molecular complexity index is 2260. The number of benzene rings is 3. The van der Waals surface area contributed by atoms with Crippen LogP contribution in [0, 0.1) is 0 Å². The molecule has 5 atom stereocenters. The molecule has 1 aliphatic rings. The lowest BCUT2D eigenvalue weighted by Crippen LogP contribution is -2.48. The maximum Gasteiger partial charge on any atom is 0.475 e. The standard InChI is InChI=1S/C75H122N3O12P/c1-4-7-10-13-16-19-22-25-37-50-68(85-60-64-43-31-28-32-44-64)58-71(79)77-67(63-86-74-53-40-41-56-84-74)49-42-55-76-75(82)70(54-57-87-91(83,88-61-65-45-33-29-34-46-65)89-62-66-47-35-30-36-48-66)78-72(80)59-69(51-38-26-23-20-17-14-11-8-5-2)90-73(81)52-39-27-24-21-18-15-12-9-6-3/h28-36,43-48,67-70,74H,4-27,37-42,49-63H2,1-3H3,(H,76,82)(H,77,79)(H,78,80)/t67-,68-,69-,70+,74?/m1/s1. The smallest absolute Gasteiger partial charge is 0.462 e. The first-order chi connectivity index (χ1) is 44.6. The Kier molecular flexibility index (Phi) is 45.9. The van der Waals surface area contributed by atoms with E-state index < -0.39 is 31.8 Å². The number of unbranched alkanes of at least 4 members (excludes halogenated alkanes) is 24. The summed E-state index contributed by atoms with van der Waals surface area (Å²) in [5.74, 6) is -1.35. The maximum atomic E-state index is 14.4. The Morgan fingerprint density at radius 3 is 1.47 bits per heavy atom. The molecule has 3 aromatic rings. The van der Waals surface area contributed by atoms with Gasteiger partial charge in [0.1, 0.15) is 12.1 Å². The predicted molar refractivity (Wildman–Crippen MR) is 366 cm³/mol. The number of ether oxygens (including phenoxy) is 4. The fourth-order valence-corrected chi connectivity index (χ4v) is 12.6. The molecular formula is C75H122N3O12P. The highest BCUT2D eigenvalue weighted by Gasteiger charge is 2.31. The van der Waals surface area contributed by atoms with Crippen molar-refractivity contribution in [3.05, 3.63) is 108 Å². The summed E-state index contributed by atoms with van der Waals surface area (Å²) >= 11 is 0. The topological polar surface area (TPSA) is 186 Å². The minimum Gasteiger partial charge on any atom is -0.462 e. The first-order valence-corrected chi connectivity index (χ1v) is 37.6. The van der Waals surface area contributed by atoms with Gasteiger partial charge in [-0.25, -0.2) is 4.57 Å². The maximum absolute atomic E-state index is 14.4. The fraction of sp³-hybridized carbons (Fsp3) is 0.707. The Hall–Kier alpha value is -4.47. The molecule has 1 fully saturated rings. The molecule has 3 aromatic carbocycles. The largest absolute Gasteiger partial charge is 0.475 e. The lowest BCUT2D eigenvalue weighted by Gasteiger charge is -2.27. The van der Waals surface area contributed by atoms with E-state index >= 15 is 0 Å². The van der Waals surface area contributed by atoms with E-state index in [-0.39, 0.29) is 82.5 Å². The Balaban J connectivity index is 1.46. The van der Waals surface area contributed by atoms with Crippen molar-refractivity contribution >= 4 is 31.5 Å². The number of carbonyl (C=O) groups excluding carboxylic acids is 4. The molecule has 0 saturated carbocycles. The Morgan fingerprint density at radius 2 is 0.967 bits per heavy atom. The van der Waals surface area contributed by atoms with Gasteiger partial charge in [-0.15, -0.1) is 0 Å². The van der Waals surface area contributed by atoms with E-state index in [1.54, 1.807) is 0 Å². The van der Waals surface area contributed by atoms with Crippen LogP contribution in [0.5, 0.6) is 0 Å². The lowest BCUT2D eigenvalue weighted by atomic mass is 10.0.